The predicted molar refractivity (Wildman–Crippen MR) is 85.6 cm³/mol. The number of nitrogens with zero attached hydrogens (tertiary/aromatic N) is 1. The van der Waals surface area contributed by atoms with Crippen LogP contribution < -0.4 is 0 Å². The van der Waals surface area contributed by atoms with Gasteiger partial charge >= 0.3 is 0 Å². The highest BCUT2D eigenvalue weighted by Crippen LogP contribution is 2.36. The molecule has 0 N–H and O–H groups in total. The minimum atomic E-state index is 0.0725. The Bertz CT molecular complexity index is 597. The first kappa shape index (κ1) is 14.8. The van der Waals surface area contributed by atoms with E-state index >= 15 is 0 Å². The molecule has 1 aromatic carbocycles. The Morgan fingerprint density at radius 2 is 1.84 bits per heavy atom. The molecule has 0 atom stereocenters. The molecule has 4 heteroatoms. The van der Waals surface area contributed by atoms with Gasteiger partial charge < -0.3 is 0 Å². The molecule has 0 amide bonds. The van der Waals surface area contributed by atoms with E-state index in [-0.39, 0.29) is 5.41 Å². The van der Waals surface area contributed by atoms with Crippen LogP contribution >= 0.6 is 34.5 Å². The zero-order valence-corrected chi connectivity index (χ0v) is 13.9. The average molecular weight is 314 g/mol. The highest BCUT2D eigenvalue weighted by molar-refractivity contribution is 7.12. The second-order valence-corrected chi connectivity index (χ2v) is 7.42. The van der Waals surface area contributed by atoms with E-state index in [9.17, 15) is 0 Å². The molecule has 0 saturated carbocycles. The van der Waals surface area contributed by atoms with Gasteiger partial charge in [0.1, 0.15) is 0 Å². The summed E-state index contributed by atoms with van der Waals surface area (Å²) in [7, 11) is 0. The maximum Gasteiger partial charge on any atom is 0.0988 e. The summed E-state index contributed by atoms with van der Waals surface area (Å²) in [5.74, 6) is 0. The zero-order valence-electron chi connectivity index (χ0n) is 11.6. The maximum absolute atomic E-state index is 6.10. The normalized spacial score (nSPS) is 11.9. The van der Waals surface area contributed by atoms with Crippen LogP contribution in [0.15, 0.2) is 18.2 Å². The van der Waals surface area contributed by atoms with Crippen molar-refractivity contribution >= 4 is 34.5 Å². The summed E-state index contributed by atoms with van der Waals surface area (Å²) in [6.45, 7) is 8.71. The number of aryl methyl sites for hydroxylation is 1. The molecule has 0 aliphatic heterocycles. The second-order valence-electron chi connectivity index (χ2n) is 5.52. The Hall–Kier alpha value is -0.570. The van der Waals surface area contributed by atoms with Crippen molar-refractivity contribution in [2.75, 3.05) is 0 Å². The molecular formula is C15H17Cl2NS. The number of aromatic nitrogens is 1. The number of rotatable bonds is 2. The van der Waals surface area contributed by atoms with Crippen LogP contribution in [0.3, 0.4) is 0 Å². The summed E-state index contributed by atoms with van der Waals surface area (Å²) in [5, 5.41) is 2.31. The molecule has 1 heterocycles. The average Bonchev–Trinajstić information content (AvgIpc) is 2.76. The Morgan fingerprint density at radius 1 is 1.16 bits per heavy atom. The van der Waals surface area contributed by atoms with Crippen molar-refractivity contribution in [3.63, 3.8) is 0 Å². The van der Waals surface area contributed by atoms with Gasteiger partial charge in [0.15, 0.2) is 0 Å². The minimum Gasteiger partial charge on any atom is -0.240 e. The van der Waals surface area contributed by atoms with Crippen molar-refractivity contribution in [2.24, 2.45) is 0 Å². The quantitative estimate of drug-likeness (QED) is 0.665. The van der Waals surface area contributed by atoms with Gasteiger partial charge in [-0.15, -0.1) is 11.3 Å². The lowest BCUT2D eigenvalue weighted by Gasteiger charge is -2.13. The topological polar surface area (TPSA) is 12.9 Å². The molecule has 0 saturated heterocycles. The first-order valence-electron chi connectivity index (χ1n) is 6.28. The molecule has 0 fully saturated rings. The maximum atomic E-state index is 6.10. The van der Waals surface area contributed by atoms with E-state index in [1.165, 1.54) is 4.88 Å². The van der Waals surface area contributed by atoms with Crippen molar-refractivity contribution in [1.82, 2.24) is 4.98 Å². The van der Waals surface area contributed by atoms with Crippen LogP contribution in [0.25, 0.3) is 11.3 Å². The summed E-state index contributed by atoms with van der Waals surface area (Å²) in [6, 6.07) is 5.70. The number of hydrogen-bond acceptors (Lipinski definition) is 2. The van der Waals surface area contributed by atoms with Crippen LogP contribution in [-0.2, 0) is 11.8 Å². The smallest absolute Gasteiger partial charge is 0.0988 e. The predicted octanol–water partition coefficient (Wildman–Crippen LogP) is 5.98. The highest BCUT2D eigenvalue weighted by Gasteiger charge is 2.21. The van der Waals surface area contributed by atoms with Gasteiger partial charge in [-0.3, -0.25) is 0 Å². The van der Waals surface area contributed by atoms with Gasteiger partial charge in [-0.1, -0.05) is 57.0 Å². The van der Waals surface area contributed by atoms with E-state index < -0.39 is 0 Å². The van der Waals surface area contributed by atoms with Crippen LogP contribution in [0.2, 0.25) is 10.0 Å². The monoisotopic (exact) mass is 313 g/mol. The standard InChI is InChI=1S/C15H17Cl2NS/c1-5-12-13(18-14(19-12)15(2,3)4)9-6-7-10(16)11(17)8-9/h6-8H,5H2,1-4H3. The molecule has 0 bridgehead atoms. The van der Waals surface area contributed by atoms with E-state index in [1.807, 2.05) is 18.2 Å². The summed E-state index contributed by atoms with van der Waals surface area (Å²) in [6.07, 6.45) is 0.976. The van der Waals surface area contributed by atoms with Crippen molar-refractivity contribution in [3.8, 4) is 11.3 Å². The third-order valence-electron chi connectivity index (χ3n) is 2.85. The summed E-state index contributed by atoms with van der Waals surface area (Å²) in [4.78, 5) is 6.10. The van der Waals surface area contributed by atoms with Gasteiger partial charge in [0.05, 0.1) is 20.7 Å². The van der Waals surface area contributed by atoms with E-state index in [2.05, 4.69) is 27.7 Å². The molecule has 1 aromatic heterocycles. The van der Waals surface area contributed by atoms with E-state index in [1.54, 1.807) is 11.3 Å². The molecule has 2 rings (SSSR count). The van der Waals surface area contributed by atoms with E-state index in [0.29, 0.717) is 10.0 Å². The SMILES string of the molecule is CCc1sc(C(C)(C)C)nc1-c1ccc(Cl)c(Cl)c1. The van der Waals surface area contributed by atoms with Crippen molar-refractivity contribution < 1.29 is 0 Å². The molecule has 0 spiro atoms. The van der Waals surface area contributed by atoms with Gasteiger partial charge in [-0.2, -0.15) is 0 Å². The fraction of sp³-hybridized carbons (Fsp3) is 0.400. The molecule has 0 radical (unpaired) electrons. The van der Waals surface area contributed by atoms with Crippen LogP contribution in [-0.4, -0.2) is 4.98 Å². The van der Waals surface area contributed by atoms with E-state index in [0.717, 1.165) is 22.7 Å². The Kier molecular flexibility index (Phi) is 4.24. The number of halogens is 2. The second kappa shape index (κ2) is 5.43. The lowest BCUT2D eigenvalue weighted by Crippen LogP contribution is -2.10. The van der Waals surface area contributed by atoms with Crippen LogP contribution in [0.5, 0.6) is 0 Å². The molecule has 0 aliphatic carbocycles. The van der Waals surface area contributed by atoms with Crippen LogP contribution in [0.4, 0.5) is 0 Å². The molecule has 102 valence electrons. The van der Waals surface area contributed by atoms with Crippen molar-refractivity contribution in [3.05, 3.63) is 38.1 Å². The first-order valence-corrected chi connectivity index (χ1v) is 7.85. The molecular weight excluding hydrogens is 297 g/mol. The Labute approximate surface area is 128 Å². The number of benzene rings is 1. The minimum absolute atomic E-state index is 0.0725. The summed E-state index contributed by atoms with van der Waals surface area (Å²) < 4.78 is 0. The molecule has 2 aromatic rings. The van der Waals surface area contributed by atoms with Gasteiger partial charge in [-0.05, 0) is 18.6 Å². The summed E-state index contributed by atoms with van der Waals surface area (Å²) in [5.41, 5.74) is 2.15. The third-order valence-corrected chi connectivity index (χ3v) is 5.22. The van der Waals surface area contributed by atoms with Crippen LogP contribution in [0.1, 0.15) is 37.6 Å². The Morgan fingerprint density at radius 3 is 2.37 bits per heavy atom. The Balaban J connectivity index is 2.54. The number of hydrogen-bond donors (Lipinski definition) is 0. The van der Waals surface area contributed by atoms with Crippen LogP contribution in [0, 0.1) is 0 Å². The molecule has 19 heavy (non-hydrogen) atoms. The van der Waals surface area contributed by atoms with Gasteiger partial charge in [0.25, 0.3) is 0 Å². The lowest BCUT2D eigenvalue weighted by molar-refractivity contribution is 0.586. The van der Waals surface area contributed by atoms with Gasteiger partial charge in [-0.25, -0.2) is 4.98 Å². The van der Waals surface area contributed by atoms with Crippen molar-refractivity contribution in [2.45, 2.75) is 39.5 Å². The van der Waals surface area contributed by atoms with Gasteiger partial charge in [0.2, 0.25) is 0 Å². The summed E-state index contributed by atoms with van der Waals surface area (Å²) >= 11 is 13.9. The molecule has 1 nitrogen and oxygen atoms in total. The lowest BCUT2D eigenvalue weighted by atomic mass is 9.98. The fourth-order valence-corrected chi connectivity index (χ4v) is 3.16. The number of thiazole rings is 1. The molecule has 0 unspecified atom stereocenters. The van der Waals surface area contributed by atoms with Crippen molar-refractivity contribution in [1.29, 1.82) is 0 Å². The first-order chi connectivity index (χ1) is 8.82. The fourth-order valence-electron chi connectivity index (χ4n) is 1.78. The third kappa shape index (κ3) is 3.13. The van der Waals surface area contributed by atoms with E-state index in [4.69, 9.17) is 28.2 Å². The largest absolute Gasteiger partial charge is 0.240 e. The zero-order chi connectivity index (χ0) is 14.2. The van der Waals surface area contributed by atoms with Gasteiger partial charge in [0, 0.05) is 15.9 Å². The highest BCUT2D eigenvalue weighted by atomic mass is 35.5. The molecule has 0 aliphatic rings.